The number of halogens is 1. The maximum Gasteiger partial charge on any atom is 0.123 e. The number of aromatic nitrogens is 4. The van der Waals surface area contributed by atoms with Crippen molar-refractivity contribution in [1.29, 1.82) is 0 Å². The molecule has 0 fully saturated rings. The van der Waals surface area contributed by atoms with E-state index in [1.807, 2.05) is 28.6 Å². The van der Waals surface area contributed by atoms with Gasteiger partial charge in [0, 0.05) is 25.0 Å². The van der Waals surface area contributed by atoms with Crippen LogP contribution in [0, 0.1) is 5.82 Å². The van der Waals surface area contributed by atoms with Crippen LogP contribution in [-0.4, -0.2) is 19.1 Å². The van der Waals surface area contributed by atoms with Crippen LogP contribution in [-0.2, 0) is 13.6 Å². The fourth-order valence-corrected chi connectivity index (χ4v) is 1.95. The van der Waals surface area contributed by atoms with Gasteiger partial charge in [-0.15, -0.1) is 0 Å². The van der Waals surface area contributed by atoms with Crippen LogP contribution in [0.25, 0.3) is 11.3 Å². The van der Waals surface area contributed by atoms with E-state index in [1.54, 1.807) is 24.8 Å². The van der Waals surface area contributed by atoms with Crippen LogP contribution < -0.4 is 0 Å². The van der Waals surface area contributed by atoms with Crippen LogP contribution in [0.1, 0.15) is 5.69 Å². The standard InChI is InChI=1S/C14H13FN4/c1-18-6-13(16-9-18)7-19-8-14(17-10-19)11-2-4-12(15)5-3-11/h2-6,8-10H,7H2,1H3. The highest BCUT2D eigenvalue weighted by Crippen LogP contribution is 2.17. The number of rotatable bonds is 3. The second-order valence-corrected chi connectivity index (χ2v) is 4.47. The highest BCUT2D eigenvalue weighted by molar-refractivity contribution is 5.57. The first kappa shape index (κ1) is 11.6. The van der Waals surface area contributed by atoms with Gasteiger partial charge in [0.25, 0.3) is 0 Å². The molecule has 19 heavy (non-hydrogen) atoms. The van der Waals surface area contributed by atoms with E-state index in [9.17, 15) is 4.39 Å². The van der Waals surface area contributed by atoms with Crippen molar-refractivity contribution in [1.82, 2.24) is 19.1 Å². The average Bonchev–Trinajstić information content (AvgIpc) is 3.00. The molecule has 0 spiro atoms. The molecule has 0 radical (unpaired) electrons. The lowest BCUT2D eigenvalue weighted by atomic mass is 10.2. The molecule has 0 bridgehead atoms. The van der Waals surface area contributed by atoms with Crippen molar-refractivity contribution in [2.75, 3.05) is 0 Å². The molecule has 1 aromatic carbocycles. The van der Waals surface area contributed by atoms with Crippen LogP contribution in [0.2, 0.25) is 0 Å². The molecule has 3 aromatic rings. The van der Waals surface area contributed by atoms with E-state index in [1.165, 1.54) is 12.1 Å². The van der Waals surface area contributed by atoms with E-state index in [0.717, 1.165) is 17.0 Å². The minimum atomic E-state index is -0.239. The van der Waals surface area contributed by atoms with Crippen molar-refractivity contribution in [2.24, 2.45) is 7.05 Å². The number of aryl methyl sites for hydroxylation is 1. The lowest BCUT2D eigenvalue weighted by Crippen LogP contribution is -1.96. The summed E-state index contributed by atoms with van der Waals surface area (Å²) in [6.45, 7) is 0.676. The molecule has 0 aliphatic carbocycles. The third-order valence-electron chi connectivity index (χ3n) is 2.88. The first-order valence-corrected chi connectivity index (χ1v) is 5.95. The molecule has 3 rings (SSSR count). The summed E-state index contributed by atoms with van der Waals surface area (Å²) in [5.41, 5.74) is 2.71. The SMILES string of the molecule is Cn1cnc(Cn2cnc(-c3ccc(F)cc3)c2)c1. The molecule has 0 amide bonds. The Kier molecular flexibility index (Phi) is 2.87. The molecule has 4 nitrogen and oxygen atoms in total. The molecule has 5 heteroatoms. The van der Waals surface area contributed by atoms with Crippen molar-refractivity contribution < 1.29 is 4.39 Å². The molecule has 0 N–H and O–H groups in total. The molecule has 0 aliphatic rings. The summed E-state index contributed by atoms with van der Waals surface area (Å²) >= 11 is 0. The molecule has 0 atom stereocenters. The van der Waals surface area contributed by atoms with Gasteiger partial charge in [-0.2, -0.15) is 0 Å². The molecule has 0 unspecified atom stereocenters. The number of nitrogens with zero attached hydrogens (tertiary/aromatic N) is 4. The van der Waals surface area contributed by atoms with Crippen molar-refractivity contribution in [3.8, 4) is 11.3 Å². The van der Waals surface area contributed by atoms with Crippen LogP contribution in [0.5, 0.6) is 0 Å². The Morgan fingerprint density at radius 2 is 1.84 bits per heavy atom. The molecule has 0 saturated heterocycles. The molecule has 2 aromatic heterocycles. The fourth-order valence-electron chi connectivity index (χ4n) is 1.95. The third-order valence-corrected chi connectivity index (χ3v) is 2.88. The summed E-state index contributed by atoms with van der Waals surface area (Å²) in [5.74, 6) is -0.239. The van der Waals surface area contributed by atoms with E-state index in [-0.39, 0.29) is 5.82 Å². The maximum atomic E-state index is 12.9. The molecular weight excluding hydrogens is 243 g/mol. The number of benzene rings is 1. The van der Waals surface area contributed by atoms with E-state index in [4.69, 9.17) is 0 Å². The summed E-state index contributed by atoms with van der Waals surface area (Å²) in [6.07, 6.45) is 7.43. The van der Waals surface area contributed by atoms with Crippen molar-refractivity contribution in [3.05, 3.63) is 60.8 Å². The first-order valence-electron chi connectivity index (χ1n) is 5.95. The van der Waals surface area contributed by atoms with Crippen LogP contribution in [0.3, 0.4) is 0 Å². The van der Waals surface area contributed by atoms with Crippen LogP contribution >= 0.6 is 0 Å². The largest absolute Gasteiger partial charge is 0.340 e. The molecule has 0 saturated carbocycles. The van der Waals surface area contributed by atoms with E-state index < -0.39 is 0 Å². The zero-order valence-electron chi connectivity index (χ0n) is 10.5. The number of hydrogen-bond acceptors (Lipinski definition) is 2. The van der Waals surface area contributed by atoms with Crippen molar-refractivity contribution >= 4 is 0 Å². The fraction of sp³-hybridized carbons (Fsp3) is 0.143. The average molecular weight is 256 g/mol. The zero-order valence-corrected chi connectivity index (χ0v) is 10.5. The van der Waals surface area contributed by atoms with E-state index >= 15 is 0 Å². The summed E-state index contributed by atoms with van der Waals surface area (Å²) in [4.78, 5) is 8.59. The smallest absolute Gasteiger partial charge is 0.123 e. The highest BCUT2D eigenvalue weighted by atomic mass is 19.1. The predicted molar refractivity (Wildman–Crippen MR) is 69.9 cm³/mol. The Morgan fingerprint density at radius 3 is 2.53 bits per heavy atom. The second kappa shape index (κ2) is 4.68. The van der Waals surface area contributed by atoms with Gasteiger partial charge in [-0.25, -0.2) is 14.4 Å². The quantitative estimate of drug-likeness (QED) is 0.721. The third kappa shape index (κ3) is 2.54. The van der Waals surface area contributed by atoms with Gasteiger partial charge in [0.1, 0.15) is 5.82 Å². The molecule has 0 aliphatic heterocycles. The molecule has 2 heterocycles. The second-order valence-electron chi connectivity index (χ2n) is 4.47. The minimum absolute atomic E-state index is 0.239. The predicted octanol–water partition coefficient (Wildman–Crippen LogP) is 2.47. The summed E-state index contributed by atoms with van der Waals surface area (Å²) in [7, 11) is 1.94. The Labute approximate surface area is 110 Å². The summed E-state index contributed by atoms with van der Waals surface area (Å²) in [5, 5.41) is 0. The molecular formula is C14H13FN4. The lowest BCUT2D eigenvalue weighted by Gasteiger charge is -1.98. The Balaban J connectivity index is 1.81. The Bertz CT molecular complexity index is 682. The first-order chi connectivity index (χ1) is 9.20. The lowest BCUT2D eigenvalue weighted by molar-refractivity contribution is 0.628. The Hall–Kier alpha value is -2.43. The summed E-state index contributed by atoms with van der Waals surface area (Å²) in [6, 6.07) is 6.33. The topological polar surface area (TPSA) is 35.6 Å². The van der Waals surface area contributed by atoms with Crippen molar-refractivity contribution in [3.63, 3.8) is 0 Å². The molecule has 96 valence electrons. The monoisotopic (exact) mass is 256 g/mol. The van der Waals surface area contributed by atoms with Gasteiger partial charge in [0.2, 0.25) is 0 Å². The zero-order chi connectivity index (χ0) is 13.2. The summed E-state index contributed by atoms with van der Waals surface area (Å²) < 4.78 is 16.7. The van der Waals surface area contributed by atoms with Gasteiger partial charge in [0.15, 0.2) is 0 Å². The van der Waals surface area contributed by atoms with Gasteiger partial charge in [-0.1, -0.05) is 0 Å². The van der Waals surface area contributed by atoms with Gasteiger partial charge >= 0.3 is 0 Å². The normalized spacial score (nSPS) is 10.8. The van der Waals surface area contributed by atoms with E-state index in [2.05, 4.69) is 9.97 Å². The minimum Gasteiger partial charge on any atom is -0.340 e. The van der Waals surface area contributed by atoms with Crippen LogP contribution in [0.4, 0.5) is 4.39 Å². The maximum absolute atomic E-state index is 12.9. The Morgan fingerprint density at radius 1 is 1.05 bits per heavy atom. The van der Waals surface area contributed by atoms with Gasteiger partial charge in [0.05, 0.1) is 30.6 Å². The van der Waals surface area contributed by atoms with E-state index in [0.29, 0.717) is 6.54 Å². The number of imidazole rings is 2. The van der Waals surface area contributed by atoms with Gasteiger partial charge < -0.3 is 9.13 Å². The number of hydrogen-bond donors (Lipinski definition) is 0. The van der Waals surface area contributed by atoms with Gasteiger partial charge in [-0.05, 0) is 24.3 Å². The van der Waals surface area contributed by atoms with Gasteiger partial charge in [-0.3, -0.25) is 0 Å². The van der Waals surface area contributed by atoms with Crippen molar-refractivity contribution in [2.45, 2.75) is 6.54 Å². The highest BCUT2D eigenvalue weighted by Gasteiger charge is 2.04. The van der Waals surface area contributed by atoms with Crippen LogP contribution in [0.15, 0.2) is 49.3 Å².